The quantitative estimate of drug-likeness (QED) is 0.337. The van der Waals surface area contributed by atoms with E-state index in [1.54, 1.807) is 14.2 Å². The summed E-state index contributed by atoms with van der Waals surface area (Å²) in [7, 11) is 3.30. The molecule has 1 heterocycles. The number of hydrogen-bond acceptors (Lipinski definition) is 4. The lowest BCUT2D eigenvalue weighted by atomic mass is 9.85. The van der Waals surface area contributed by atoms with E-state index in [9.17, 15) is 9.59 Å². The first kappa shape index (κ1) is 23.3. The van der Waals surface area contributed by atoms with Crippen LogP contribution in [0.2, 0.25) is 0 Å². The maximum absolute atomic E-state index is 13.8. The lowest BCUT2D eigenvalue weighted by Gasteiger charge is -2.22. The molecule has 3 aromatic rings. The number of benzene rings is 3. The van der Waals surface area contributed by atoms with E-state index in [2.05, 4.69) is 12.2 Å². The molecule has 4 atom stereocenters. The van der Waals surface area contributed by atoms with Gasteiger partial charge in [0.1, 0.15) is 11.5 Å². The second-order valence-electron chi connectivity index (χ2n) is 10.1. The number of nitrogens with zero attached hydrogens (tertiary/aromatic N) is 1. The molecule has 6 rings (SSSR count). The van der Waals surface area contributed by atoms with E-state index in [1.807, 2.05) is 80.6 Å². The second kappa shape index (κ2) is 8.77. The Morgan fingerprint density at radius 3 is 1.59 bits per heavy atom. The maximum atomic E-state index is 13.8. The van der Waals surface area contributed by atoms with Gasteiger partial charge in [0.25, 0.3) is 0 Å². The van der Waals surface area contributed by atoms with E-state index in [4.69, 9.17) is 9.47 Å². The largest absolute Gasteiger partial charge is 0.497 e. The van der Waals surface area contributed by atoms with Gasteiger partial charge in [-0.15, -0.1) is 0 Å². The summed E-state index contributed by atoms with van der Waals surface area (Å²) in [4.78, 5) is 29.0. The van der Waals surface area contributed by atoms with Gasteiger partial charge in [-0.2, -0.15) is 0 Å². The SMILES string of the molecule is COc1ccc(C(=C2[C@H]3C=C[C@H]2[C@@H]2C(=O)N(c4ccc(C)c(C)c4)C(=O)[C@H]23)c2ccc(OC)cc2)cc1. The Morgan fingerprint density at radius 2 is 1.16 bits per heavy atom. The molecule has 186 valence electrons. The molecule has 5 heteroatoms. The van der Waals surface area contributed by atoms with Crippen molar-refractivity contribution in [1.82, 2.24) is 0 Å². The fourth-order valence-corrected chi connectivity index (χ4v) is 6.23. The molecule has 1 saturated heterocycles. The first-order chi connectivity index (χ1) is 17.9. The Bertz CT molecular complexity index is 1380. The maximum Gasteiger partial charge on any atom is 0.238 e. The normalized spacial score (nSPS) is 23.6. The highest BCUT2D eigenvalue weighted by Crippen LogP contribution is 2.59. The highest BCUT2D eigenvalue weighted by molar-refractivity contribution is 6.23. The van der Waals surface area contributed by atoms with Crippen molar-refractivity contribution in [3.63, 3.8) is 0 Å². The van der Waals surface area contributed by atoms with Crippen molar-refractivity contribution in [1.29, 1.82) is 0 Å². The van der Waals surface area contributed by atoms with E-state index < -0.39 is 0 Å². The molecule has 0 spiro atoms. The van der Waals surface area contributed by atoms with Crippen LogP contribution >= 0.6 is 0 Å². The standard InChI is InChI=1S/C32H29NO4/c1-18-5-10-22(17-19(18)2)33-31(34)29-25-15-16-26(30(29)32(33)35)28(25)27(20-6-11-23(36-3)12-7-20)21-8-13-24(37-4)14-9-21/h5-17,25-26,29-30H,1-4H3/t25-,26-,29+,30+/m1/s1. The number of carbonyl (C=O) groups excluding carboxylic acids is 2. The molecule has 3 aromatic carbocycles. The Hall–Kier alpha value is -4.12. The number of fused-ring (bicyclic) bond motifs is 5. The molecule has 0 aromatic heterocycles. The monoisotopic (exact) mass is 491 g/mol. The predicted octanol–water partition coefficient (Wildman–Crippen LogP) is 5.74. The number of allylic oxidation sites excluding steroid dienone is 3. The molecule has 0 N–H and O–H groups in total. The van der Waals surface area contributed by atoms with E-state index in [0.717, 1.165) is 44.9 Å². The van der Waals surface area contributed by atoms with Gasteiger partial charge < -0.3 is 9.47 Å². The number of hydrogen-bond donors (Lipinski definition) is 0. The zero-order valence-corrected chi connectivity index (χ0v) is 21.4. The zero-order valence-electron chi connectivity index (χ0n) is 21.4. The molecular weight excluding hydrogens is 462 g/mol. The van der Waals surface area contributed by atoms with Crippen LogP contribution in [0.25, 0.3) is 5.57 Å². The van der Waals surface area contributed by atoms with Crippen LogP contribution in [0.4, 0.5) is 5.69 Å². The molecule has 2 amide bonds. The number of carbonyl (C=O) groups is 2. The van der Waals surface area contributed by atoms with Gasteiger partial charge in [-0.05, 0) is 83.6 Å². The number of aryl methyl sites for hydroxylation is 2. The third kappa shape index (κ3) is 3.52. The van der Waals surface area contributed by atoms with E-state index in [-0.39, 0.29) is 35.5 Å². The van der Waals surface area contributed by atoms with Crippen LogP contribution in [0, 0.1) is 37.5 Å². The van der Waals surface area contributed by atoms with Crippen LogP contribution in [-0.2, 0) is 9.59 Å². The van der Waals surface area contributed by atoms with E-state index >= 15 is 0 Å². The average molecular weight is 492 g/mol. The Morgan fingerprint density at radius 1 is 0.676 bits per heavy atom. The predicted molar refractivity (Wildman–Crippen MR) is 144 cm³/mol. The summed E-state index contributed by atoms with van der Waals surface area (Å²) in [6.07, 6.45) is 4.26. The summed E-state index contributed by atoms with van der Waals surface area (Å²) < 4.78 is 10.8. The van der Waals surface area contributed by atoms with Crippen molar-refractivity contribution < 1.29 is 19.1 Å². The number of ether oxygens (including phenoxy) is 2. The van der Waals surface area contributed by atoms with Crippen molar-refractivity contribution in [3.05, 3.63) is 107 Å². The number of methoxy groups -OCH3 is 2. The van der Waals surface area contributed by atoms with E-state index in [1.165, 1.54) is 4.90 Å². The number of rotatable bonds is 5. The topological polar surface area (TPSA) is 55.8 Å². The van der Waals surface area contributed by atoms with Gasteiger partial charge in [0.2, 0.25) is 11.8 Å². The van der Waals surface area contributed by atoms with Crippen molar-refractivity contribution in [3.8, 4) is 11.5 Å². The first-order valence-corrected chi connectivity index (χ1v) is 12.6. The lowest BCUT2D eigenvalue weighted by molar-refractivity contribution is -0.122. The molecule has 2 fully saturated rings. The Balaban J connectivity index is 1.47. The summed E-state index contributed by atoms with van der Waals surface area (Å²) in [5, 5.41) is 0. The van der Waals surface area contributed by atoms with Gasteiger partial charge in [0, 0.05) is 11.8 Å². The van der Waals surface area contributed by atoms with Gasteiger partial charge in [-0.3, -0.25) is 9.59 Å². The summed E-state index contributed by atoms with van der Waals surface area (Å²) in [5.74, 6) is 0.344. The van der Waals surface area contributed by atoms with Crippen molar-refractivity contribution in [2.75, 3.05) is 19.1 Å². The minimum absolute atomic E-state index is 0.101. The fraction of sp³-hybridized carbons (Fsp3) is 0.250. The van der Waals surface area contributed by atoms with E-state index in [0.29, 0.717) is 5.69 Å². The summed E-state index contributed by atoms with van der Waals surface area (Å²) in [6, 6.07) is 21.8. The van der Waals surface area contributed by atoms with Crippen molar-refractivity contribution in [2.24, 2.45) is 23.7 Å². The first-order valence-electron chi connectivity index (χ1n) is 12.6. The summed E-state index contributed by atoms with van der Waals surface area (Å²) in [6.45, 7) is 4.04. The van der Waals surface area contributed by atoms with Gasteiger partial charge >= 0.3 is 0 Å². The third-order valence-electron chi connectivity index (χ3n) is 8.21. The Kier molecular flexibility index (Phi) is 5.52. The van der Waals surface area contributed by atoms with Gasteiger partial charge in [0.15, 0.2) is 0 Å². The van der Waals surface area contributed by atoms with Gasteiger partial charge in [0.05, 0.1) is 31.7 Å². The van der Waals surface area contributed by atoms with Crippen LogP contribution in [0.1, 0.15) is 22.3 Å². The van der Waals surface area contributed by atoms with Gasteiger partial charge in [-0.25, -0.2) is 4.90 Å². The number of imide groups is 1. The van der Waals surface area contributed by atoms with Crippen LogP contribution in [0.5, 0.6) is 11.5 Å². The second-order valence-corrected chi connectivity index (χ2v) is 10.1. The highest BCUT2D eigenvalue weighted by Gasteiger charge is 2.62. The minimum atomic E-state index is -0.384. The van der Waals surface area contributed by atoms with Crippen molar-refractivity contribution in [2.45, 2.75) is 13.8 Å². The zero-order chi connectivity index (χ0) is 25.8. The van der Waals surface area contributed by atoms with Crippen LogP contribution in [-0.4, -0.2) is 26.0 Å². The van der Waals surface area contributed by atoms with Crippen molar-refractivity contribution >= 4 is 23.1 Å². The third-order valence-corrected chi connectivity index (χ3v) is 8.21. The fourth-order valence-electron chi connectivity index (χ4n) is 6.23. The molecule has 5 nitrogen and oxygen atoms in total. The van der Waals surface area contributed by atoms with Crippen LogP contribution < -0.4 is 14.4 Å². The summed E-state index contributed by atoms with van der Waals surface area (Å²) in [5.41, 5.74) is 7.15. The molecule has 0 radical (unpaired) electrons. The molecule has 2 aliphatic carbocycles. The molecule has 37 heavy (non-hydrogen) atoms. The smallest absolute Gasteiger partial charge is 0.238 e. The Labute approximate surface area is 217 Å². The lowest BCUT2D eigenvalue weighted by Crippen LogP contribution is -2.33. The average Bonchev–Trinajstić information content (AvgIpc) is 3.55. The molecular formula is C32H29NO4. The highest BCUT2D eigenvalue weighted by atomic mass is 16.5. The van der Waals surface area contributed by atoms with Crippen LogP contribution in [0.15, 0.2) is 84.5 Å². The molecule has 3 aliphatic rings. The molecule has 1 saturated carbocycles. The summed E-state index contributed by atoms with van der Waals surface area (Å²) >= 11 is 0. The van der Waals surface area contributed by atoms with Gasteiger partial charge in [-0.1, -0.05) is 42.5 Å². The molecule has 1 aliphatic heterocycles. The molecule has 2 bridgehead atoms. The molecule has 0 unspecified atom stereocenters. The minimum Gasteiger partial charge on any atom is -0.497 e. The number of anilines is 1. The van der Waals surface area contributed by atoms with Crippen LogP contribution in [0.3, 0.4) is 0 Å². The number of amides is 2.